The van der Waals surface area contributed by atoms with Crippen LogP contribution in [0.4, 0.5) is 0 Å². The molecule has 0 bridgehead atoms. The van der Waals surface area contributed by atoms with E-state index in [4.69, 9.17) is 9.47 Å². The molecular weight excluding hydrogens is 230 g/mol. The van der Waals surface area contributed by atoms with Gasteiger partial charge in [0.1, 0.15) is 0 Å². The summed E-state index contributed by atoms with van der Waals surface area (Å²) < 4.78 is 10.1. The Morgan fingerprint density at radius 2 is 1.72 bits per heavy atom. The van der Waals surface area contributed by atoms with Crippen molar-refractivity contribution in [1.82, 2.24) is 4.98 Å². The molecule has 0 aliphatic rings. The maximum absolute atomic E-state index is 12.3. The molecule has 92 valence electrons. The summed E-state index contributed by atoms with van der Waals surface area (Å²) in [7, 11) is 2.99. The van der Waals surface area contributed by atoms with Gasteiger partial charge in [0, 0.05) is 11.6 Å². The molecule has 0 aliphatic carbocycles. The second kappa shape index (κ2) is 5.31. The van der Waals surface area contributed by atoms with Gasteiger partial charge in [0.05, 0.1) is 19.8 Å². The molecule has 4 heteroatoms. The van der Waals surface area contributed by atoms with Crippen LogP contribution in [0.3, 0.4) is 0 Å². The number of carbonyl (C=O) groups is 1. The fourth-order valence-electron chi connectivity index (χ4n) is 1.61. The number of ether oxygens (including phenoxy) is 2. The van der Waals surface area contributed by atoms with Crippen molar-refractivity contribution in [3.63, 3.8) is 0 Å². The highest BCUT2D eigenvalue weighted by Gasteiger charge is 2.16. The quantitative estimate of drug-likeness (QED) is 0.773. The number of rotatable bonds is 4. The maximum Gasteiger partial charge on any atom is 0.227 e. The zero-order chi connectivity index (χ0) is 13.0. The minimum absolute atomic E-state index is 0.123. The molecule has 0 saturated carbocycles. The number of carbonyl (C=O) groups excluding carboxylic acids is 1. The number of hydrogen-bond donors (Lipinski definition) is 0. The largest absolute Gasteiger partial charge is 0.481 e. The molecule has 2 rings (SSSR count). The Balaban J connectivity index is 2.42. The molecular formula is C14H13NO3. The van der Waals surface area contributed by atoms with Crippen LogP contribution in [0, 0.1) is 0 Å². The number of pyridine rings is 1. The van der Waals surface area contributed by atoms with Crippen molar-refractivity contribution < 1.29 is 14.3 Å². The van der Waals surface area contributed by atoms with E-state index >= 15 is 0 Å². The summed E-state index contributed by atoms with van der Waals surface area (Å²) in [6, 6.07) is 12.3. The monoisotopic (exact) mass is 243 g/mol. The van der Waals surface area contributed by atoms with E-state index in [0.29, 0.717) is 17.0 Å². The van der Waals surface area contributed by atoms with E-state index in [1.165, 1.54) is 14.2 Å². The van der Waals surface area contributed by atoms with E-state index in [9.17, 15) is 4.79 Å². The van der Waals surface area contributed by atoms with Crippen LogP contribution in [0.2, 0.25) is 0 Å². The van der Waals surface area contributed by atoms with Gasteiger partial charge in [-0.1, -0.05) is 30.3 Å². The van der Waals surface area contributed by atoms with Crippen molar-refractivity contribution in [2.75, 3.05) is 14.2 Å². The van der Waals surface area contributed by atoms with Crippen LogP contribution < -0.4 is 9.47 Å². The number of benzene rings is 1. The highest BCUT2D eigenvalue weighted by molar-refractivity contribution is 6.10. The van der Waals surface area contributed by atoms with E-state index in [-0.39, 0.29) is 11.7 Å². The van der Waals surface area contributed by atoms with Crippen LogP contribution in [0.5, 0.6) is 11.8 Å². The van der Waals surface area contributed by atoms with E-state index in [2.05, 4.69) is 4.98 Å². The zero-order valence-electron chi connectivity index (χ0n) is 10.2. The molecule has 1 aromatic carbocycles. The van der Waals surface area contributed by atoms with Crippen molar-refractivity contribution in [2.24, 2.45) is 0 Å². The fourth-order valence-corrected chi connectivity index (χ4v) is 1.61. The Labute approximate surface area is 105 Å². The number of nitrogens with zero attached hydrogens (tertiary/aromatic N) is 1. The summed E-state index contributed by atoms with van der Waals surface area (Å²) in [5, 5.41) is 0. The summed E-state index contributed by atoms with van der Waals surface area (Å²) in [5.41, 5.74) is 1.02. The second-order valence-corrected chi connectivity index (χ2v) is 3.61. The highest BCUT2D eigenvalue weighted by atomic mass is 16.5. The van der Waals surface area contributed by atoms with Gasteiger partial charge in [-0.05, 0) is 6.07 Å². The van der Waals surface area contributed by atoms with Gasteiger partial charge >= 0.3 is 0 Å². The molecule has 2 aromatic rings. The van der Waals surface area contributed by atoms with Crippen LogP contribution in [0.25, 0.3) is 0 Å². The molecule has 1 aromatic heterocycles. The Morgan fingerprint density at radius 3 is 2.33 bits per heavy atom. The third-order valence-electron chi connectivity index (χ3n) is 2.52. The van der Waals surface area contributed by atoms with Gasteiger partial charge in [0.25, 0.3) is 0 Å². The van der Waals surface area contributed by atoms with E-state index < -0.39 is 0 Å². The van der Waals surface area contributed by atoms with Crippen molar-refractivity contribution >= 4 is 5.78 Å². The molecule has 0 fully saturated rings. The van der Waals surface area contributed by atoms with E-state index in [1.807, 2.05) is 18.2 Å². The lowest BCUT2D eigenvalue weighted by Crippen LogP contribution is -2.05. The fraction of sp³-hybridized carbons (Fsp3) is 0.143. The predicted octanol–water partition coefficient (Wildman–Crippen LogP) is 2.33. The van der Waals surface area contributed by atoms with Crippen LogP contribution in [-0.2, 0) is 0 Å². The summed E-state index contributed by atoms with van der Waals surface area (Å²) >= 11 is 0. The summed E-state index contributed by atoms with van der Waals surface area (Å²) in [6.07, 6.45) is 0. The molecule has 0 radical (unpaired) electrons. The molecule has 0 saturated heterocycles. The lowest BCUT2D eigenvalue weighted by atomic mass is 10.0. The van der Waals surface area contributed by atoms with Gasteiger partial charge in [-0.25, -0.2) is 0 Å². The lowest BCUT2D eigenvalue weighted by Gasteiger charge is -2.08. The van der Waals surface area contributed by atoms with Gasteiger partial charge in [-0.3, -0.25) is 4.79 Å². The highest BCUT2D eigenvalue weighted by Crippen LogP contribution is 2.22. The number of ketones is 1. The second-order valence-electron chi connectivity index (χ2n) is 3.61. The minimum atomic E-state index is -0.123. The Morgan fingerprint density at radius 1 is 1.00 bits per heavy atom. The van der Waals surface area contributed by atoms with Gasteiger partial charge in [0.15, 0.2) is 5.78 Å². The van der Waals surface area contributed by atoms with Crippen molar-refractivity contribution in [3.05, 3.63) is 53.6 Å². The van der Waals surface area contributed by atoms with Crippen LogP contribution in [0.15, 0.2) is 42.5 Å². The SMILES string of the molecule is COc1ccc(C(=O)c2ccccc2)c(OC)n1. The molecule has 18 heavy (non-hydrogen) atoms. The summed E-state index contributed by atoms with van der Waals surface area (Å²) in [5.74, 6) is 0.558. The molecule has 0 unspecified atom stereocenters. The smallest absolute Gasteiger partial charge is 0.227 e. The van der Waals surface area contributed by atoms with Gasteiger partial charge in [-0.15, -0.1) is 0 Å². The predicted molar refractivity (Wildman–Crippen MR) is 67.2 cm³/mol. The third-order valence-corrected chi connectivity index (χ3v) is 2.52. The molecule has 1 heterocycles. The average Bonchev–Trinajstić information content (AvgIpc) is 2.46. The van der Waals surface area contributed by atoms with Crippen molar-refractivity contribution in [2.45, 2.75) is 0 Å². The zero-order valence-corrected chi connectivity index (χ0v) is 10.2. The van der Waals surface area contributed by atoms with Crippen molar-refractivity contribution in [1.29, 1.82) is 0 Å². The molecule has 4 nitrogen and oxygen atoms in total. The third kappa shape index (κ3) is 2.32. The Kier molecular flexibility index (Phi) is 3.57. The van der Waals surface area contributed by atoms with E-state index in [0.717, 1.165) is 0 Å². The van der Waals surface area contributed by atoms with Crippen LogP contribution in [-0.4, -0.2) is 25.0 Å². The Hall–Kier alpha value is -2.36. The first-order valence-corrected chi connectivity index (χ1v) is 5.45. The summed E-state index contributed by atoms with van der Waals surface area (Å²) in [4.78, 5) is 16.4. The first kappa shape index (κ1) is 12.1. The standard InChI is InChI=1S/C14H13NO3/c1-17-12-9-8-11(14(15-12)18-2)13(16)10-6-4-3-5-7-10/h3-9H,1-2H3. The minimum Gasteiger partial charge on any atom is -0.481 e. The normalized spacial score (nSPS) is 9.89. The maximum atomic E-state index is 12.3. The van der Waals surface area contributed by atoms with Gasteiger partial charge in [-0.2, -0.15) is 4.98 Å². The molecule has 0 N–H and O–H groups in total. The Bertz CT molecular complexity index is 552. The van der Waals surface area contributed by atoms with Gasteiger partial charge in [0.2, 0.25) is 11.8 Å². The first-order chi connectivity index (χ1) is 8.76. The average molecular weight is 243 g/mol. The summed E-state index contributed by atoms with van der Waals surface area (Å²) in [6.45, 7) is 0. The molecule has 0 spiro atoms. The molecule has 0 amide bonds. The van der Waals surface area contributed by atoms with Gasteiger partial charge < -0.3 is 9.47 Å². The van der Waals surface area contributed by atoms with Crippen molar-refractivity contribution in [3.8, 4) is 11.8 Å². The molecule has 0 aliphatic heterocycles. The van der Waals surface area contributed by atoms with Crippen LogP contribution in [0.1, 0.15) is 15.9 Å². The van der Waals surface area contributed by atoms with E-state index in [1.54, 1.807) is 24.3 Å². The first-order valence-electron chi connectivity index (χ1n) is 5.45. The lowest BCUT2D eigenvalue weighted by molar-refractivity contribution is 0.103. The number of methoxy groups -OCH3 is 2. The number of hydrogen-bond acceptors (Lipinski definition) is 4. The number of aromatic nitrogens is 1. The topological polar surface area (TPSA) is 48.4 Å². The molecule has 0 atom stereocenters. The van der Waals surface area contributed by atoms with Crippen LogP contribution >= 0.6 is 0 Å².